The first-order chi connectivity index (χ1) is 7.39. The Balaban J connectivity index is 2.43. The highest BCUT2D eigenvalue weighted by Gasteiger charge is 2.42. The number of likely N-dealkylation sites (tertiary alicyclic amines) is 1. The summed E-state index contributed by atoms with van der Waals surface area (Å²) < 4.78 is 5.08. The molecule has 1 amide bonds. The standard InChI is InChI=1S/C11H19N3O2/c1-11(2,3)13-6-10(15)14-7-9(16-4)8(14)5-12/h8-9,13H,6-7H2,1-4H3. The lowest BCUT2D eigenvalue weighted by molar-refractivity contribution is -0.147. The highest BCUT2D eigenvalue weighted by Crippen LogP contribution is 2.20. The molecule has 0 spiro atoms. The van der Waals surface area contributed by atoms with Crippen molar-refractivity contribution in [2.75, 3.05) is 20.2 Å². The summed E-state index contributed by atoms with van der Waals surface area (Å²) >= 11 is 0. The maximum atomic E-state index is 11.8. The summed E-state index contributed by atoms with van der Waals surface area (Å²) in [4.78, 5) is 13.3. The SMILES string of the molecule is COC1CN(C(=O)CNC(C)(C)C)C1C#N. The van der Waals surface area contributed by atoms with Gasteiger partial charge in [0.05, 0.1) is 19.2 Å². The van der Waals surface area contributed by atoms with Crippen molar-refractivity contribution >= 4 is 5.91 Å². The summed E-state index contributed by atoms with van der Waals surface area (Å²) in [6.45, 7) is 6.76. The molecule has 90 valence electrons. The molecule has 2 atom stereocenters. The Hall–Kier alpha value is -1.12. The van der Waals surface area contributed by atoms with Crippen molar-refractivity contribution in [2.24, 2.45) is 0 Å². The molecule has 1 fully saturated rings. The average Bonchev–Trinajstić information content (AvgIpc) is 2.13. The van der Waals surface area contributed by atoms with E-state index in [9.17, 15) is 4.79 Å². The molecule has 5 heteroatoms. The number of nitrogens with one attached hydrogen (secondary N) is 1. The van der Waals surface area contributed by atoms with Crippen molar-refractivity contribution in [3.63, 3.8) is 0 Å². The molecule has 1 aliphatic rings. The van der Waals surface area contributed by atoms with Crippen LogP contribution < -0.4 is 5.32 Å². The summed E-state index contributed by atoms with van der Waals surface area (Å²) in [5.41, 5.74) is -0.0939. The molecular weight excluding hydrogens is 206 g/mol. The Morgan fingerprint density at radius 1 is 1.62 bits per heavy atom. The Morgan fingerprint density at radius 2 is 2.25 bits per heavy atom. The molecule has 1 rings (SSSR count). The van der Waals surface area contributed by atoms with E-state index in [0.717, 1.165) is 0 Å². The van der Waals surface area contributed by atoms with Gasteiger partial charge < -0.3 is 15.0 Å². The molecule has 1 N–H and O–H groups in total. The summed E-state index contributed by atoms with van der Waals surface area (Å²) in [6, 6.07) is 1.65. The van der Waals surface area contributed by atoms with E-state index in [1.807, 2.05) is 20.8 Å². The minimum atomic E-state index is -0.431. The molecule has 5 nitrogen and oxygen atoms in total. The summed E-state index contributed by atoms with van der Waals surface area (Å²) in [7, 11) is 1.56. The lowest BCUT2D eigenvalue weighted by Crippen LogP contribution is -2.64. The van der Waals surface area contributed by atoms with Crippen LogP contribution >= 0.6 is 0 Å². The predicted molar refractivity (Wildman–Crippen MR) is 59.7 cm³/mol. The molecule has 0 bridgehead atoms. The second-order valence-electron chi connectivity index (χ2n) is 5.00. The van der Waals surface area contributed by atoms with E-state index in [2.05, 4.69) is 11.4 Å². The summed E-state index contributed by atoms with van der Waals surface area (Å²) in [5, 5.41) is 12.0. The molecule has 1 aliphatic heterocycles. The molecule has 1 heterocycles. The largest absolute Gasteiger partial charge is 0.376 e. The number of hydrogen-bond acceptors (Lipinski definition) is 4. The third kappa shape index (κ3) is 2.94. The highest BCUT2D eigenvalue weighted by atomic mass is 16.5. The van der Waals surface area contributed by atoms with E-state index in [0.29, 0.717) is 6.54 Å². The van der Waals surface area contributed by atoms with Gasteiger partial charge in [0.1, 0.15) is 12.1 Å². The molecule has 1 saturated heterocycles. The van der Waals surface area contributed by atoms with Gasteiger partial charge in [-0.05, 0) is 20.8 Å². The molecule has 0 aromatic heterocycles. The van der Waals surface area contributed by atoms with Gasteiger partial charge in [-0.2, -0.15) is 5.26 Å². The van der Waals surface area contributed by atoms with Crippen molar-refractivity contribution in [3.05, 3.63) is 0 Å². The molecule has 16 heavy (non-hydrogen) atoms. The first-order valence-electron chi connectivity index (χ1n) is 5.36. The van der Waals surface area contributed by atoms with Crippen LogP contribution in [0.1, 0.15) is 20.8 Å². The topological polar surface area (TPSA) is 65.4 Å². The number of nitrogens with zero attached hydrogens (tertiary/aromatic N) is 2. The maximum Gasteiger partial charge on any atom is 0.237 e. The number of carbonyl (C=O) groups excluding carboxylic acids is 1. The second-order valence-corrected chi connectivity index (χ2v) is 5.00. The first kappa shape index (κ1) is 12.9. The summed E-state index contributed by atoms with van der Waals surface area (Å²) in [5.74, 6) is -0.0465. The third-order valence-corrected chi connectivity index (χ3v) is 2.59. The Bertz CT molecular complexity index is 303. The van der Waals surface area contributed by atoms with Gasteiger partial charge in [-0.3, -0.25) is 4.79 Å². The molecule has 2 unspecified atom stereocenters. The van der Waals surface area contributed by atoms with Crippen LogP contribution in [-0.4, -0.2) is 48.7 Å². The van der Waals surface area contributed by atoms with E-state index < -0.39 is 6.04 Å². The fourth-order valence-corrected chi connectivity index (χ4v) is 1.53. The molecule has 0 radical (unpaired) electrons. The Labute approximate surface area is 96.4 Å². The van der Waals surface area contributed by atoms with E-state index in [-0.39, 0.29) is 24.1 Å². The number of hydrogen-bond donors (Lipinski definition) is 1. The van der Waals surface area contributed by atoms with Crippen LogP contribution in [0.15, 0.2) is 0 Å². The van der Waals surface area contributed by atoms with Crippen LogP contribution in [0.4, 0.5) is 0 Å². The molecule has 0 aromatic carbocycles. The minimum absolute atomic E-state index is 0.0465. The van der Waals surface area contributed by atoms with Gasteiger partial charge in [-0.25, -0.2) is 0 Å². The lowest BCUT2D eigenvalue weighted by Gasteiger charge is -2.43. The average molecular weight is 225 g/mol. The van der Waals surface area contributed by atoms with Crippen molar-refractivity contribution in [1.29, 1.82) is 5.26 Å². The van der Waals surface area contributed by atoms with Crippen molar-refractivity contribution in [2.45, 2.75) is 38.5 Å². The molecule has 0 aliphatic carbocycles. The molecule has 0 saturated carbocycles. The Morgan fingerprint density at radius 3 is 2.69 bits per heavy atom. The minimum Gasteiger partial charge on any atom is -0.376 e. The van der Waals surface area contributed by atoms with Crippen molar-refractivity contribution in [3.8, 4) is 6.07 Å². The van der Waals surface area contributed by atoms with Gasteiger partial charge in [0.2, 0.25) is 5.91 Å². The van der Waals surface area contributed by atoms with E-state index in [1.165, 1.54) is 0 Å². The number of carbonyl (C=O) groups is 1. The number of nitriles is 1. The zero-order chi connectivity index (χ0) is 12.3. The van der Waals surface area contributed by atoms with E-state index >= 15 is 0 Å². The van der Waals surface area contributed by atoms with Crippen LogP contribution in [0, 0.1) is 11.3 Å². The lowest BCUT2D eigenvalue weighted by atomic mass is 10.0. The first-order valence-corrected chi connectivity index (χ1v) is 5.36. The third-order valence-electron chi connectivity index (χ3n) is 2.59. The molecular formula is C11H19N3O2. The fraction of sp³-hybridized carbons (Fsp3) is 0.818. The van der Waals surface area contributed by atoms with Gasteiger partial charge in [0.25, 0.3) is 0 Å². The van der Waals surface area contributed by atoms with Crippen LogP contribution in [0.25, 0.3) is 0 Å². The van der Waals surface area contributed by atoms with E-state index in [4.69, 9.17) is 10.00 Å². The number of amides is 1. The van der Waals surface area contributed by atoms with Crippen LogP contribution in [0.5, 0.6) is 0 Å². The van der Waals surface area contributed by atoms with Crippen molar-refractivity contribution in [1.82, 2.24) is 10.2 Å². The van der Waals surface area contributed by atoms with Gasteiger partial charge in [0.15, 0.2) is 0 Å². The molecule has 0 aromatic rings. The summed E-state index contributed by atoms with van der Waals surface area (Å²) in [6.07, 6.45) is -0.136. The van der Waals surface area contributed by atoms with Crippen LogP contribution in [-0.2, 0) is 9.53 Å². The fourth-order valence-electron chi connectivity index (χ4n) is 1.53. The zero-order valence-electron chi connectivity index (χ0n) is 10.3. The predicted octanol–water partition coefficient (Wildman–Crippen LogP) is 0.124. The van der Waals surface area contributed by atoms with Crippen LogP contribution in [0.3, 0.4) is 0 Å². The van der Waals surface area contributed by atoms with Gasteiger partial charge in [-0.1, -0.05) is 0 Å². The smallest absolute Gasteiger partial charge is 0.237 e. The number of rotatable bonds is 3. The van der Waals surface area contributed by atoms with Crippen molar-refractivity contribution < 1.29 is 9.53 Å². The monoisotopic (exact) mass is 225 g/mol. The van der Waals surface area contributed by atoms with E-state index in [1.54, 1.807) is 12.0 Å². The highest BCUT2D eigenvalue weighted by molar-refractivity contribution is 5.80. The maximum absolute atomic E-state index is 11.8. The number of ether oxygens (including phenoxy) is 1. The normalized spacial score (nSPS) is 24.8. The second kappa shape index (κ2) is 4.81. The van der Waals surface area contributed by atoms with Crippen LogP contribution in [0.2, 0.25) is 0 Å². The quantitative estimate of drug-likeness (QED) is 0.741. The Kier molecular flexibility index (Phi) is 3.89. The van der Waals surface area contributed by atoms with Gasteiger partial charge >= 0.3 is 0 Å². The van der Waals surface area contributed by atoms with Gasteiger partial charge in [0, 0.05) is 12.6 Å². The number of methoxy groups -OCH3 is 1. The van der Waals surface area contributed by atoms with Gasteiger partial charge in [-0.15, -0.1) is 0 Å². The zero-order valence-corrected chi connectivity index (χ0v) is 10.3.